The van der Waals surface area contributed by atoms with E-state index in [2.05, 4.69) is 15.3 Å². The SMILES string of the molecule is CN(c1cccnc1)c1ccc([N+](=O)[O-])c(Nc2cccc(N)c2)n1. The van der Waals surface area contributed by atoms with Crippen LogP contribution in [-0.2, 0) is 0 Å². The zero-order chi connectivity index (χ0) is 17.8. The molecule has 0 aliphatic carbocycles. The van der Waals surface area contributed by atoms with E-state index in [1.807, 2.05) is 19.2 Å². The number of hydrogen-bond acceptors (Lipinski definition) is 7. The minimum atomic E-state index is -0.477. The van der Waals surface area contributed by atoms with E-state index in [4.69, 9.17) is 5.73 Å². The third-order valence-corrected chi connectivity index (χ3v) is 3.58. The second-order valence-electron chi connectivity index (χ2n) is 5.31. The molecule has 0 bridgehead atoms. The first-order chi connectivity index (χ1) is 12.0. The Kier molecular flexibility index (Phi) is 4.42. The normalized spacial score (nSPS) is 10.3. The van der Waals surface area contributed by atoms with Gasteiger partial charge in [0, 0.05) is 30.7 Å². The average molecular weight is 336 g/mol. The molecule has 0 saturated carbocycles. The Morgan fingerprint density at radius 3 is 2.72 bits per heavy atom. The number of nitrogens with two attached hydrogens (primary N) is 1. The topological polar surface area (TPSA) is 110 Å². The summed E-state index contributed by atoms with van der Waals surface area (Å²) in [5, 5.41) is 14.3. The van der Waals surface area contributed by atoms with Gasteiger partial charge in [0.1, 0.15) is 5.82 Å². The highest BCUT2D eigenvalue weighted by Gasteiger charge is 2.18. The van der Waals surface area contributed by atoms with Crippen molar-refractivity contribution in [3.8, 4) is 0 Å². The minimum Gasteiger partial charge on any atom is -0.399 e. The summed E-state index contributed by atoms with van der Waals surface area (Å²) in [6, 6.07) is 13.6. The largest absolute Gasteiger partial charge is 0.399 e. The van der Waals surface area contributed by atoms with E-state index in [-0.39, 0.29) is 11.5 Å². The number of anilines is 5. The van der Waals surface area contributed by atoms with Crippen molar-refractivity contribution in [1.82, 2.24) is 9.97 Å². The molecule has 0 atom stereocenters. The molecule has 0 spiro atoms. The van der Waals surface area contributed by atoms with Crippen LogP contribution < -0.4 is 16.0 Å². The van der Waals surface area contributed by atoms with Crippen LogP contribution in [0.4, 0.5) is 34.4 Å². The van der Waals surface area contributed by atoms with Crippen molar-refractivity contribution in [3.05, 3.63) is 71.0 Å². The van der Waals surface area contributed by atoms with E-state index in [1.165, 1.54) is 6.07 Å². The average Bonchev–Trinajstić information content (AvgIpc) is 2.61. The lowest BCUT2D eigenvalue weighted by molar-refractivity contribution is -0.384. The standard InChI is InChI=1S/C17H16N6O2/c1-22(14-6-3-9-19-11-14)16-8-7-15(23(24)25)17(21-16)20-13-5-2-4-12(18)10-13/h2-11H,18H2,1H3,(H,20,21). The maximum Gasteiger partial charge on any atom is 0.311 e. The van der Waals surface area contributed by atoms with Crippen molar-refractivity contribution >= 4 is 34.4 Å². The molecule has 3 aromatic rings. The Balaban J connectivity index is 1.99. The van der Waals surface area contributed by atoms with Gasteiger partial charge in [0.2, 0.25) is 5.82 Å². The first-order valence-corrected chi connectivity index (χ1v) is 7.46. The Labute approximate surface area is 144 Å². The fraction of sp³-hybridized carbons (Fsp3) is 0.0588. The van der Waals surface area contributed by atoms with Crippen LogP contribution in [-0.4, -0.2) is 21.9 Å². The summed E-state index contributed by atoms with van der Waals surface area (Å²) in [5.74, 6) is 0.689. The molecule has 2 heterocycles. The van der Waals surface area contributed by atoms with E-state index in [0.29, 0.717) is 17.2 Å². The number of nitro groups is 1. The molecule has 8 heteroatoms. The van der Waals surface area contributed by atoms with Crippen LogP contribution in [0, 0.1) is 10.1 Å². The first-order valence-electron chi connectivity index (χ1n) is 7.46. The zero-order valence-electron chi connectivity index (χ0n) is 13.5. The number of benzene rings is 1. The van der Waals surface area contributed by atoms with Crippen LogP contribution in [0.15, 0.2) is 60.9 Å². The van der Waals surface area contributed by atoms with Gasteiger partial charge in [-0.3, -0.25) is 15.1 Å². The second kappa shape index (κ2) is 6.83. The van der Waals surface area contributed by atoms with Gasteiger partial charge in [0.15, 0.2) is 0 Å². The molecule has 126 valence electrons. The Morgan fingerprint density at radius 1 is 1.20 bits per heavy atom. The predicted molar refractivity (Wildman–Crippen MR) is 97.3 cm³/mol. The smallest absolute Gasteiger partial charge is 0.311 e. The molecule has 3 N–H and O–H groups in total. The maximum atomic E-state index is 11.3. The minimum absolute atomic E-state index is 0.120. The van der Waals surface area contributed by atoms with Gasteiger partial charge in [-0.1, -0.05) is 6.07 Å². The molecule has 0 aliphatic rings. The molecule has 2 aromatic heterocycles. The highest BCUT2D eigenvalue weighted by Crippen LogP contribution is 2.30. The lowest BCUT2D eigenvalue weighted by Gasteiger charge is -2.18. The number of nitrogen functional groups attached to an aromatic ring is 1. The van der Waals surface area contributed by atoms with Crippen molar-refractivity contribution in [3.63, 3.8) is 0 Å². The molecule has 0 fully saturated rings. The van der Waals surface area contributed by atoms with Gasteiger partial charge in [-0.05, 0) is 36.4 Å². The Morgan fingerprint density at radius 2 is 2.04 bits per heavy atom. The van der Waals surface area contributed by atoms with Crippen LogP contribution in [0.1, 0.15) is 0 Å². The molecule has 3 rings (SSSR count). The van der Waals surface area contributed by atoms with Gasteiger partial charge in [0.25, 0.3) is 0 Å². The monoisotopic (exact) mass is 336 g/mol. The lowest BCUT2D eigenvalue weighted by Crippen LogP contribution is -2.12. The van der Waals surface area contributed by atoms with E-state index in [9.17, 15) is 10.1 Å². The van der Waals surface area contributed by atoms with E-state index in [1.54, 1.807) is 47.6 Å². The molecular weight excluding hydrogens is 320 g/mol. The zero-order valence-corrected chi connectivity index (χ0v) is 13.5. The van der Waals surface area contributed by atoms with Crippen LogP contribution in [0.25, 0.3) is 0 Å². The summed E-state index contributed by atoms with van der Waals surface area (Å²) < 4.78 is 0. The second-order valence-corrected chi connectivity index (χ2v) is 5.31. The highest BCUT2D eigenvalue weighted by molar-refractivity contribution is 5.71. The summed E-state index contributed by atoms with van der Waals surface area (Å²) in [6.07, 6.45) is 3.36. The number of hydrogen-bond donors (Lipinski definition) is 2. The van der Waals surface area contributed by atoms with Crippen LogP contribution >= 0.6 is 0 Å². The summed E-state index contributed by atoms with van der Waals surface area (Å²) in [7, 11) is 1.81. The fourth-order valence-corrected chi connectivity index (χ4v) is 2.31. The number of nitrogens with zero attached hydrogens (tertiary/aromatic N) is 4. The molecule has 1 aromatic carbocycles. The fourth-order valence-electron chi connectivity index (χ4n) is 2.31. The Bertz CT molecular complexity index is 901. The molecule has 8 nitrogen and oxygen atoms in total. The molecule has 0 radical (unpaired) electrons. The molecule has 0 saturated heterocycles. The van der Waals surface area contributed by atoms with E-state index < -0.39 is 4.92 Å². The van der Waals surface area contributed by atoms with Gasteiger partial charge in [-0.15, -0.1) is 0 Å². The molecule has 25 heavy (non-hydrogen) atoms. The maximum absolute atomic E-state index is 11.3. The first kappa shape index (κ1) is 16.2. The number of nitrogens with one attached hydrogen (secondary N) is 1. The van der Waals surface area contributed by atoms with Crippen molar-refractivity contribution < 1.29 is 4.92 Å². The molecule has 0 unspecified atom stereocenters. The van der Waals surface area contributed by atoms with Crippen LogP contribution in [0.5, 0.6) is 0 Å². The summed E-state index contributed by atoms with van der Waals surface area (Å²) in [5.41, 5.74) is 7.63. The van der Waals surface area contributed by atoms with E-state index >= 15 is 0 Å². The third-order valence-electron chi connectivity index (χ3n) is 3.58. The lowest BCUT2D eigenvalue weighted by atomic mass is 10.2. The van der Waals surface area contributed by atoms with Gasteiger partial charge in [-0.25, -0.2) is 4.98 Å². The third kappa shape index (κ3) is 3.63. The van der Waals surface area contributed by atoms with Gasteiger partial charge >= 0.3 is 5.69 Å². The number of rotatable bonds is 5. The van der Waals surface area contributed by atoms with Crippen LogP contribution in [0.3, 0.4) is 0 Å². The van der Waals surface area contributed by atoms with Gasteiger partial charge in [0.05, 0.1) is 16.8 Å². The van der Waals surface area contributed by atoms with E-state index in [0.717, 1.165) is 5.69 Å². The Hall–Kier alpha value is -3.68. The molecule has 0 amide bonds. The highest BCUT2D eigenvalue weighted by atomic mass is 16.6. The quantitative estimate of drug-likeness (QED) is 0.417. The molecular formula is C17H16N6O2. The molecule has 0 aliphatic heterocycles. The summed E-state index contributed by atoms with van der Waals surface area (Å²) in [6.45, 7) is 0. The number of pyridine rings is 2. The van der Waals surface area contributed by atoms with Crippen LogP contribution in [0.2, 0.25) is 0 Å². The summed E-state index contributed by atoms with van der Waals surface area (Å²) >= 11 is 0. The number of aromatic nitrogens is 2. The van der Waals surface area contributed by atoms with Crippen molar-refractivity contribution in [2.75, 3.05) is 23.0 Å². The summed E-state index contributed by atoms with van der Waals surface area (Å²) in [4.78, 5) is 21.1. The van der Waals surface area contributed by atoms with Gasteiger partial charge in [-0.2, -0.15) is 0 Å². The predicted octanol–water partition coefficient (Wildman–Crippen LogP) is 3.48. The van der Waals surface area contributed by atoms with Crippen molar-refractivity contribution in [2.24, 2.45) is 0 Å². The van der Waals surface area contributed by atoms with Crippen molar-refractivity contribution in [1.29, 1.82) is 0 Å². The van der Waals surface area contributed by atoms with Crippen molar-refractivity contribution in [2.45, 2.75) is 0 Å². The van der Waals surface area contributed by atoms with Gasteiger partial charge < -0.3 is 16.0 Å².